The lowest BCUT2D eigenvalue weighted by atomic mass is 10.2. The number of benzene rings is 1. The van der Waals surface area contributed by atoms with Crippen molar-refractivity contribution in [3.63, 3.8) is 0 Å². The van der Waals surface area contributed by atoms with Gasteiger partial charge in [-0.15, -0.1) is 0 Å². The monoisotopic (exact) mass is 227 g/mol. The van der Waals surface area contributed by atoms with Gasteiger partial charge in [-0.05, 0) is 24.6 Å². The van der Waals surface area contributed by atoms with Gasteiger partial charge in [-0.2, -0.15) is 0 Å². The van der Waals surface area contributed by atoms with Gasteiger partial charge in [0.1, 0.15) is 0 Å². The van der Waals surface area contributed by atoms with Crippen molar-refractivity contribution < 1.29 is 9.32 Å². The number of aliphatic hydroxyl groups excluding tert-OH is 1. The zero-order chi connectivity index (χ0) is 11.3. The van der Waals surface area contributed by atoms with E-state index in [9.17, 15) is 4.21 Å². The molecule has 0 saturated carbocycles. The van der Waals surface area contributed by atoms with Crippen LogP contribution in [-0.2, 0) is 17.3 Å². The van der Waals surface area contributed by atoms with Gasteiger partial charge in [-0.25, -0.2) is 0 Å². The first kappa shape index (κ1) is 12.4. The van der Waals surface area contributed by atoms with Gasteiger partial charge in [0.05, 0.1) is 6.61 Å². The first-order valence-electron chi connectivity index (χ1n) is 4.90. The molecule has 0 aromatic heterocycles. The van der Waals surface area contributed by atoms with E-state index >= 15 is 0 Å². The molecule has 0 aliphatic carbocycles. The summed E-state index contributed by atoms with van der Waals surface area (Å²) < 4.78 is 11.1. The quantitative estimate of drug-likeness (QED) is 0.785. The summed E-state index contributed by atoms with van der Waals surface area (Å²) >= 11 is 0. The summed E-state index contributed by atoms with van der Waals surface area (Å²) in [7, 11) is -0.912. The fraction of sp³-hybridized carbons (Fsp3) is 0.455. The van der Waals surface area contributed by atoms with Crippen molar-refractivity contribution in [2.24, 2.45) is 0 Å². The molecular formula is C11H17NO2S. The third kappa shape index (κ3) is 4.11. The Labute approximate surface area is 93.0 Å². The molecule has 2 N–H and O–H groups in total. The van der Waals surface area contributed by atoms with Crippen LogP contribution in [0.5, 0.6) is 0 Å². The Morgan fingerprint density at radius 3 is 2.47 bits per heavy atom. The van der Waals surface area contributed by atoms with Crippen LogP contribution >= 0.6 is 0 Å². The minimum absolute atomic E-state index is 0.102. The number of aliphatic hydroxyl groups is 1. The van der Waals surface area contributed by atoms with E-state index in [-0.39, 0.29) is 12.6 Å². The highest BCUT2D eigenvalue weighted by molar-refractivity contribution is 7.84. The number of hydrogen-bond acceptors (Lipinski definition) is 3. The number of nitrogens with one attached hydrogen (secondary N) is 1. The highest BCUT2D eigenvalue weighted by Crippen LogP contribution is 2.07. The molecule has 1 aromatic rings. The van der Waals surface area contributed by atoms with Crippen LogP contribution in [0.3, 0.4) is 0 Å². The molecule has 0 amide bonds. The van der Waals surface area contributed by atoms with Crippen LogP contribution in [0.15, 0.2) is 29.2 Å². The molecule has 1 rings (SSSR count). The first-order chi connectivity index (χ1) is 7.13. The Bertz CT molecular complexity index is 324. The second-order valence-corrected chi connectivity index (χ2v) is 4.94. The van der Waals surface area contributed by atoms with Gasteiger partial charge in [-0.3, -0.25) is 4.21 Å². The fourth-order valence-electron chi connectivity index (χ4n) is 1.16. The normalized spacial score (nSPS) is 14.9. The van der Waals surface area contributed by atoms with Crippen LogP contribution in [0.4, 0.5) is 0 Å². The standard InChI is InChI=1S/C11H17NO2S/c1-9(8-13)12-7-10-3-5-11(6-4-10)15(2)14/h3-6,9,12-13H,7-8H2,1-2H3. The van der Waals surface area contributed by atoms with Gasteiger partial charge >= 0.3 is 0 Å². The molecule has 0 saturated heterocycles. The highest BCUT2D eigenvalue weighted by Gasteiger charge is 2.00. The molecule has 1 aromatic carbocycles. The Kier molecular flexibility index (Phi) is 4.94. The van der Waals surface area contributed by atoms with E-state index in [1.165, 1.54) is 0 Å². The maximum atomic E-state index is 11.1. The van der Waals surface area contributed by atoms with Gasteiger partial charge in [-0.1, -0.05) is 12.1 Å². The Morgan fingerprint density at radius 1 is 1.40 bits per heavy atom. The molecule has 15 heavy (non-hydrogen) atoms. The molecule has 0 radical (unpaired) electrons. The van der Waals surface area contributed by atoms with Crippen molar-refractivity contribution in [3.8, 4) is 0 Å². The lowest BCUT2D eigenvalue weighted by Gasteiger charge is -2.10. The number of hydrogen-bond donors (Lipinski definition) is 2. The summed E-state index contributed by atoms with van der Waals surface area (Å²) in [5.74, 6) is 0. The second kappa shape index (κ2) is 6.00. The molecule has 0 spiro atoms. The van der Waals surface area contributed by atoms with Crippen molar-refractivity contribution in [1.29, 1.82) is 0 Å². The largest absolute Gasteiger partial charge is 0.395 e. The van der Waals surface area contributed by atoms with E-state index in [1.807, 2.05) is 31.2 Å². The smallest absolute Gasteiger partial charge is 0.0582 e. The van der Waals surface area contributed by atoms with Gasteiger partial charge in [0.2, 0.25) is 0 Å². The van der Waals surface area contributed by atoms with Crippen LogP contribution in [0, 0.1) is 0 Å². The maximum absolute atomic E-state index is 11.1. The van der Waals surface area contributed by atoms with Crippen molar-refractivity contribution in [2.75, 3.05) is 12.9 Å². The molecule has 84 valence electrons. The summed E-state index contributed by atoms with van der Waals surface area (Å²) in [5.41, 5.74) is 1.13. The third-order valence-electron chi connectivity index (χ3n) is 2.18. The van der Waals surface area contributed by atoms with Crippen LogP contribution in [-0.4, -0.2) is 28.2 Å². The van der Waals surface area contributed by atoms with E-state index in [0.717, 1.165) is 17.0 Å². The zero-order valence-electron chi connectivity index (χ0n) is 9.06. The van der Waals surface area contributed by atoms with Crippen molar-refractivity contribution in [1.82, 2.24) is 5.32 Å². The average Bonchev–Trinajstić information content (AvgIpc) is 2.26. The predicted molar refractivity (Wildman–Crippen MR) is 62.2 cm³/mol. The second-order valence-electron chi connectivity index (χ2n) is 3.56. The van der Waals surface area contributed by atoms with Crippen LogP contribution < -0.4 is 5.32 Å². The molecule has 2 unspecified atom stereocenters. The van der Waals surface area contributed by atoms with E-state index in [1.54, 1.807) is 6.26 Å². The summed E-state index contributed by atoms with van der Waals surface area (Å²) in [6, 6.07) is 7.75. The lowest BCUT2D eigenvalue weighted by Crippen LogP contribution is -2.28. The highest BCUT2D eigenvalue weighted by atomic mass is 32.2. The topological polar surface area (TPSA) is 49.3 Å². The molecular weight excluding hydrogens is 210 g/mol. The zero-order valence-corrected chi connectivity index (χ0v) is 9.88. The Balaban J connectivity index is 2.53. The van der Waals surface area contributed by atoms with Crippen molar-refractivity contribution >= 4 is 10.8 Å². The van der Waals surface area contributed by atoms with Crippen molar-refractivity contribution in [2.45, 2.75) is 24.4 Å². The summed E-state index contributed by atoms with van der Waals surface area (Å²) in [5, 5.41) is 12.0. The average molecular weight is 227 g/mol. The predicted octanol–water partition coefficient (Wildman–Crippen LogP) is 0.894. The van der Waals surface area contributed by atoms with Gasteiger partial charge in [0.15, 0.2) is 0 Å². The van der Waals surface area contributed by atoms with Crippen molar-refractivity contribution in [3.05, 3.63) is 29.8 Å². The molecule has 4 heteroatoms. The first-order valence-corrected chi connectivity index (χ1v) is 6.46. The molecule has 2 atom stereocenters. The molecule has 3 nitrogen and oxygen atoms in total. The fourth-order valence-corrected chi connectivity index (χ4v) is 1.67. The minimum Gasteiger partial charge on any atom is -0.395 e. The summed E-state index contributed by atoms with van der Waals surface area (Å²) in [6.07, 6.45) is 1.67. The molecule has 0 fully saturated rings. The number of rotatable bonds is 5. The molecule has 0 bridgehead atoms. The third-order valence-corrected chi connectivity index (χ3v) is 3.12. The SMILES string of the molecule is CC(CO)NCc1ccc(S(C)=O)cc1. The summed E-state index contributed by atoms with van der Waals surface area (Å²) in [4.78, 5) is 0.842. The van der Waals surface area contributed by atoms with E-state index in [2.05, 4.69) is 5.32 Å². The van der Waals surface area contributed by atoms with Crippen LogP contribution in [0.25, 0.3) is 0 Å². The maximum Gasteiger partial charge on any atom is 0.0582 e. The Morgan fingerprint density at radius 2 is 2.00 bits per heavy atom. The Hall–Kier alpha value is -0.710. The van der Waals surface area contributed by atoms with Crippen LogP contribution in [0.2, 0.25) is 0 Å². The van der Waals surface area contributed by atoms with Crippen LogP contribution in [0.1, 0.15) is 12.5 Å². The van der Waals surface area contributed by atoms with Gasteiger partial charge < -0.3 is 10.4 Å². The van der Waals surface area contributed by atoms with Gasteiger partial charge in [0.25, 0.3) is 0 Å². The molecule has 0 aliphatic rings. The van der Waals surface area contributed by atoms with E-state index in [0.29, 0.717) is 0 Å². The van der Waals surface area contributed by atoms with E-state index in [4.69, 9.17) is 5.11 Å². The lowest BCUT2D eigenvalue weighted by molar-refractivity contribution is 0.251. The summed E-state index contributed by atoms with van der Waals surface area (Å²) in [6.45, 7) is 2.78. The van der Waals surface area contributed by atoms with Gasteiger partial charge in [0, 0.05) is 34.5 Å². The minimum atomic E-state index is -0.912. The molecule has 0 heterocycles. The van der Waals surface area contributed by atoms with E-state index < -0.39 is 10.8 Å². The molecule has 0 aliphatic heterocycles.